The van der Waals surface area contributed by atoms with Gasteiger partial charge in [-0.05, 0) is 43.4 Å². The fraction of sp³-hybridized carbons (Fsp3) is 0.533. The van der Waals surface area contributed by atoms with E-state index in [-0.39, 0.29) is 5.91 Å². The fourth-order valence-electron chi connectivity index (χ4n) is 2.28. The third kappa shape index (κ3) is 4.51. The Bertz CT molecular complexity index is 416. The van der Waals surface area contributed by atoms with Gasteiger partial charge in [0.2, 0.25) is 0 Å². The van der Waals surface area contributed by atoms with E-state index in [1.54, 1.807) is 0 Å². The number of carbonyl (C=O) groups excluding carboxylic acids is 1. The molecule has 1 unspecified atom stereocenters. The minimum Gasteiger partial charge on any atom is -0.378 e. The van der Waals surface area contributed by atoms with E-state index in [4.69, 9.17) is 16.3 Å². The molecule has 1 heterocycles. The lowest BCUT2D eigenvalue weighted by molar-refractivity contribution is 0.0117. The van der Waals surface area contributed by atoms with Gasteiger partial charge >= 0.3 is 0 Å². The van der Waals surface area contributed by atoms with Crippen LogP contribution in [0.25, 0.3) is 0 Å². The largest absolute Gasteiger partial charge is 0.378 e. The molecule has 1 aromatic rings. The van der Waals surface area contributed by atoms with Crippen molar-refractivity contribution in [2.24, 2.45) is 0 Å². The maximum absolute atomic E-state index is 12.0. The smallest absolute Gasteiger partial charge is 0.251 e. The normalized spacial score (nSPS) is 19.1. The molecule has 1 fully saturated rings. The summed E-state index contributed by atoms with van der Waals surface area (Å²) >= 11 is 5.76. The van der Waals surface area contributed by atoms with Crippen LogP contribution in [0.15, 0.2) is 24.3 Å². The Hall–Kier alpha value is -1.06. The first-order valence-corrected chi connectivity index (χ1v) is 7.38. The highest BCUT2D eigenvalue weighted by atomic mass is 35.5. The highest BCUT2D eigenvalue weighted by Gasteiger charge is 2.14. The molecular weight excluding hydrogens is 262 g/mol. The summed E-state index contributed by atoms with van der Waals surface area (Å²) in [5.41, 5.74) is 1.63. The summed E-state index contributed by atoms with van der Waals surface area (Å²) < 4.78 is 5.63. The van der Waals surface area contributed by atoms with Gasteiger partial charge in [-0.25, -0.2) is 0 Å². The maximum Gasteiger partial charge on any atom is 0.251 e. The number of ether oxygens (including phenoxy) is 1. The average molecular weight is 282 g/mol. The van der Waals surface area contributed by atoms with E-state index < -0.39 is 0 Å². The maximum atomic E-state index is 12.0. The second-order valence-electron chi connectivity index (χ2n) is 4.87. The molecule has 1 aromatic carbocycles. The summed E-state index contributed by atoms with van der Waals surface area (Å²) in [4.78, 5) is 12.0. The number of hydrogen-bond donors (Lipinski definition) is 1. The molecule has 0 aromatic heterocycles. The molecule has 1 saturated heterocycles. The van der Waals surface area contributed by atoms with Crippen LogP contribution in [-0.2, 0) is 10.6 Å². The molecule has 3 nitrogen and oxygen atoms in total. The van der Waals surface area contributed by atoms with Crippen molar-refractivity contribution in [2.45, 2.75) is 37.7 Å². The summed E-state index contributed by atoms with van der Waals surface area (Å²) in [6.07, 6.45) is 4.70. The molecule has 0 radical (unpaired) electrons. The zero-order chi connectivity index (χ0) is 13.5. The third-order valence-corrected chi connectivity index (χ3v) is 3.68. The van der Waals surface area contributed by atoms with Gasteiger partial charge in [0, 0.05) is 24.6 Å². The van der Waals surface area contributed by atoms with Crippen LogP contribution in [0.3, 0.4) is 0 Å². The zero-order valence-electron chi connectivity index (χ0n) is 11.0. The molecule has 1 aliphatic heterocycles. The second-order valence-corrected chi connectivity index (χ2v) is 5.13. The van der Waals surface area contributed by atoms with E-state index in [0.717, 1.165) is 31.4 Å². The Kier molecular flexibility index (Phi) is 5.67. The molecule has 19 heavy (non-hydrogen) atoms. The van der Waals surface area contributed by atoms with E-state index >= 15 is 0 Å². The van der Waals surface area contributed by atoms with Crippen molar-refractivity contribution in [1.29, 1.82) is 0 Å². The molecule has 1 N–H and O–H groups in total. The zero-order valence-corrected chi connectivity index (χ0v) is 11.8. The van der Waals surface area contributed by atoms with Gasteiger partial charge in [-0.3, -0.25) is 4.79 Å². The number of benzene rings is 1. The van der Waals surface area contributed by atoms with Gasteiger partial charge in [0.1, 0.15) is 0 Å². The quantitative estimate of drug-likeness (QED) is 0.842. The van der Waals surface area contributed by atoms with E-state index in [1.165, 1.54) is 6.42 Å². The van der Waals surface area contributed by atoms with Crippen LogP contribution in [0.5, 0.6) is 0 Å². The van der Waals surface area contributed by atoms with E-state index in [9.17, 15) is 4.79 Å². The number of amides is 1. The average Bonchev–Trinajstić information content (AvgIpc) is 2.48. The molecule has 104 valence electrons. The first-order valence-electron chi connectivity index (χ1n) is 6.84. The van der Waals surface area contributed by atoms with Crippen molar-refractivity contribution in [3.63, 3.8) is 0 Å². The molecular formula is C15H20ClNO2. The van der Waals surface area contributed by atoms with E-state index in [0.29, 0.717) is 24.1 Å². The van der Waals surface area contributed by atoms with Crippen LogP contribution in [0.2, 0.25) is 0 Å². The lowest BCUT2D eigenvalue weighted by Crippen LogP contribution is -2.29. The van der Waals surface area contributed by atoms with Crippen molar-refractivity contribution >= 4 is 17.5 Å². The predicted octanol–water partition coefficient (Wildman–Crippen LogP) is 3.11. The number of nitrogens with one attached hydrogen (secondary N) is 1. The summed E-state index contributed by atoms with van der Waals surface area (Å²) in [5, 5.41) is 2.94. The van der Waals surface area contributed by atoms with Crippen LogP contribution >= 0.6 is 11.6 Å². The molecule has 0 aliphatic carbocycles. The van der Waals surface area contributed by atoms with Gasteiger partial charge in [0.25, 0.3) is 5.91 Å². The lowest BCUT2D eigenvalue weighted by atomic mass is 10.1. The monoisotopic (exact) mass is 281 g/mol. The molecule has 0 spiro atoms. The molecule has 4 heteroatoms. The Morgan fingerprint density at radius 2 is 2.32 bits per heavy atom. The van der Waals surface area contributed by atoms with Gasteiger partial charge in [0.05, 0.1) is 6.10 Å². The number of rotatable bonds is 5. The van der Waals surface area contributed by atoms with Gasteiger partial charge in [0.15, 0.2) is 0 Å². The Morgan fingerprint density at radius 1 is 1.42 bits per heavy atom. The van der Waals surface area contributed by atoms with Crippen molar-refractivity contribution in [3.05, 3.63) is 35.4 Å². The van der Waals surface area contributed by atoms with Gasteiger partial charge in [-0.15, -0.1) is 11.6 Å². The van der Waals surface area contributed by atoms with Crippen LogP contribution in [0.1, 0.15) is 41.6 Å². The first kappa shape index (κ1) is 14.4. The fourth-order valence-corrected chi connectivity index (χ4v) is 2.45. The van der Waals surface area contributed by atoms with Crippen LogP contribution in [0, 0.1) is 0 Å². The molecule has 0 saturated carbocycles. The SMILES string of the molecule is O=C(NCCC1CCCCO1)c1cccc(CCl)c1. The third-order valence-electron chi connectivity index (χ3n) is 3.37. The predicted molar refractivity (Wildman–Crippen MR) is 76.5 cm³/mol. The summed E-state index contributed by atoms with van der Waals surface area (Å²) in [6.45, 7) is 1.52. The minimum atomic E-state index is -0.0391. The molecule has 1 amide bonds. The van der Waals surface area contributed by atoms with E-state index in [1.807, 2.05) is 24.3 Å². The van der Waals surface area contributed by atoms with E-state index in [2.05, 4.69) is 5.32 Å². The van der Waals surface area contributed by atoms with Gasteiger partial charge in [-0.2, -0.15) is 0 Å². The number of carbonyl (C=O) groups is 1. The van der Waals surface area contributed by atoms with Crippen molar-refractivity contribution < 1.29 is 9.53 Å². The van der Waals surface area contributed by atoms with Crippen LogP contribution in [-0.4, -0.2) is 25.2 Å². The number of halogens is 1. The van der Waals surface area contributed by atoms with Crippen molar-refractivity contribution in [1.82, 2.24) is 5.32 Å². The standard InChI is InChI=1S/C15H20ClNO2/c16-11-12-4-3-5-13(10-12)15(18)17-8-7-14-6-1-2-9-19-14/h3-5,10,14H,1-2,6-9,11H2,(H,17,18). The van der Waals surface area contributed by atoms with Crippen molar-refractivity contribution in [3.8, 4) is 0 Å². The van der Waals surface area contributed by atoms with Gasteiger partial charge < -0.3 is 10.1 Å². The van der Waals surface area contributed by atoms with Crippen LogP contribution < -0.4 is 5.32 Å². The molecule has 1 atom stereocenters. The summed E-state index contributed by atoms with van der Waals surface area (Å²) in [7, 11) is 0. The second kappa shape index (κ2) is 7.51. The van der Waals surface area contributed by atoms with Crippen LogP contribution in [0.4, 0.5) is 0 Å². The highest BCUT2D eigenvalue weighted by Crippen LogP contribution is 2.15. The molecule has 0 bridgehead atoms. The Labute approximate surface area is 119 Å². The van der Waals surface area contributed by atoms with Crippen molar-refractivity contribution in [2.75, 3.05) is 13.2 Å². The highest BCUT2D eigenvalue weighted by molar-refractivity contribution is 6.17. The first-order chi connectivity index (χ1) is 9.29. The molecule has 1 aliphatic rings. The minimum absolute atomic E-state index is 0.0391. The summed E-state index contributed by atoms with van der Waals surface area (Å²) in [5.74, 6) is 0.389. The Morgan fingerprint density at radius 3 is 3.05 bits per heavy atom. The summed E-state index contributed by atoms with van der Waals surface area (Å²) in [6, 6.07) is 7.42. The Balaban J connectivity index is 1.77. The number of hydrogen-bond acceptors (Lipinski definition) is 2. The van der Waals surface area contributed by atoms with Gasteiger partial charge in [-0.1, -0.05) is 12.1 Å². The number of alkyl halides is 1. The topological polar surface area (TPSA) is 38.3 Å². The lowest BCUT2D eigenvalue weighted by Gasteiger charge is -2.22. The molecule has 2 rings (SSSR count).